The van der Waals surface area contributed by atoms with Crippen LogP contribution in [0.15, 0.2) is 36.5 Å². The molecule has 1 aliphatic rings. The molecular weight excluding hydrogens is 105 g/mol. The van der Waals surface area contributed by atoms with E-state index in [1.807, 2.05) is 0 Å². The van der Waals surface area contributed by atoms with Crippen molar-refractivity contribution < 1.29 is 4.39 Å². The van der Waals surface area contributed by atoms with E-state index in [9.17, 15) is 4.39 Å². The molecular formula is C6H6FN. The maximum absolute atomic E-state index is 12.1. The van der Waals surface area contributed by atoms with E-state index in [1.54, 1.807) is 18.2 Å². The molecule has 0 radical (unpaired) electrons. The van der Waals surface area contributed by atoms with Crippen LogP contribution in [0.3, 0.4) is 0 Å². The van der Waals surface area contributed by atoms with Crippen molar-refractivity contribution in [1.29, 1.82) is 0 Å². The Bertz CT molecular complexity index is 156. The van der Waals surface area contributed by atoms with Crippen molar-refractivity contribution in [2.45, 2.75) is 0 Å². The van der Waals surface area contributed by atoms with Crippen LogP contribution in [0.5, 0.6) is 0 Å². The molecule has 1 nitrogen and oxygen atoms in total. The Morgan fingerprint density at radius 1 is 1.25 bits per heavy atom. The van der Waals surface area contributed by atoms with E-state index in [1.165, 1.54) is 12.3 Å². The topological polar surface area (TPSA) is 12.0 Å². The van der Waals surface area contributed by atoms with Crippen LogP contribution in [0.4, 0.5) is 4.39 Å². The monoisotopic (exact) mass is 111 g/mol. The highest BCUT2D eigenvalue weighted by Gasteiger charge is 1.85. The minimum atomic E-state index is -0.324. The average molecular weight is 111 g/mol. The minimum absolute atomic E-state index is 0.324. The molecule has 0 aromatic rings. The molecule has 0 aromatic carbocycles. The van der Waals surface area contributed by atoms with Crippen LogP contribution in [0.25, 0.3) is 0 Å². The average Bonchev–Trinajstić information content (AvgIpc) is 1.94. The quantitative estimate of drug-likeness (QED) is 0.467. The lowest BCUT2D eigenvalue weighted by molar-refractivity contribution is 0.587. The lowest BCUT2D eigenvalue weighted by Crippen LogP contribution is -1.96. The third-order valence-corrected chi connectivity index (χ3v) is 0.782. The summed E-state index contributed by atoms with van der Waals surface area (Å²) in [6.45, 7) is 0. The lowest BCUT2D eigenvalue weighted by atomic mass is 10.5. The summed E-state index contributed by atoms with van der Waals surface area (Å²) >= 11 is 0. The Kier molecular flexibility index (Phi) is 1.47. The van der Waals surface area contributed by atoms with Gasteiger partial charge in [-0.15, -0.1) is 0 Å². The third-order valence-electron chi connectivity index (χ3n) is 0.782. The SMILES string of the molecule is FC1=CC=CC=CN1. The van der Waals surface area contributed by atoms with Crippen molar-refractivity contribution in [1.82, 2.24) is 5.32 Å². The summed E-state index contributed by atoms with van der Waals surface area (Å²) in [7, 11) is 0. The first-order chi connectivity index (χ1) is 3.89. The summed E-state index contributed by atoms with van der Waals surface area (Å²) in [6, 6.07) is 0. The van der Waals surface area contributed by atoms with Crippen LogP contribution in [-0.2, 0) is 0 Å². The summed E-state index contributed by atoms with van der Waals surface area (Å²) in [5, 5.41) is 2.40. The highest BCUT2D eigenvalue weighted by molar-refractivity contribution is 5.17. The Morgan fingerprint density at radius 2 is 2.12 bits per heavy atom. The molecule has 0 unspecified atom stereocenters. The van der Waals surface area contributed by atoms with Gasteiger partial charge in [-0.3, -0.25) is 0 Å². The van der Waals surface area contributed by atoms with E-state index in [0.29, 0.717) is 0 Å². The smallest absolute Gasteiger partial charge is 0.190 e. The molecule has 0 saturated carbocycles. The maximum Gasteiger partial charge on any atom is 0.190 e. The standard InChI is InChI=1S/C6H6FN/c7-6-4-2-1-3-5-8-6/h1-5,8H. The first-order valence-electron chi connectivity index (χ1n) is 2.35. The molecule has 0 fully saturated rings. The molecule has 2 heteroatoms. The molecule has 0 amide bonds. The van der Waals surface area contributed by atoms with Crippen LogP contribution >= 0.6 is 0 Å². The lowest BCUT2D eigenvalue weighted by Gasteiger charge is -1.88. The van der Waals surface area contributed by atoms with Gasteiger partial charge in [0, 0.05) is 6.20 Å². The first kappa shape index (κ1) is 5.09. The van der Waals surface area contributed by atoms with Crippen LogP contribution in [0.1, 0.15) is 0 Å². The van der Waals surface area contributed by atoms with Gasteiger partial charge in [-0.25, -0.2) is 0 Å². The summed E-state index contributed by atoms with van der Waals surface area (Å²) in [5.74, 6) is -0.324. The molecule has 1 rings (SSSR count). The van der Waals surface area contributed by atoms with Crippen LogP contribution in [0, 0.1) is 0 Å². The third kappa shape index (κ3) is 1.22. The van der Waals surface area contributed by atoms with Gasteiger partial charge >= 0.3 is 0 Å². The number of hydrogen-bond donors (Lipinski definition) is 1. The molecule has 0 spiro atoms. The van der Waals surface area contributed by atoms with E-state index >= 15 is 0 Å². The van der Waals surface area contributed by atoms with Crippen molar-refractivity contribution in [2.75, 3.05) is 0 Å². The molecule has 0 aromatic heterocycles. The molecule has 1 heterocycles. The summed E-state index contributed by atoms with van der Waals surface area (Å²) in [6.07, 6.45) is 8.00. The maximum atomic E-state index is 12.1. The van der Waals surface area contributed by atoms with Crippen LogP contribution in [0.2, 0.25) is 0 Å². The predicted octanol–water partition coefficient (Wildman–Crippen LogP) is 1.47. The van der Waals surface area contributed by atoms with Crippen molar-refractivity contribution in [3.05, 3.63) is 36.5 Å². The van der Waals surface area contributed by atoms with Gasteiger partial charge in [-0.05, 0) is 12.2 Å². The molecule has 1 aliphatic heterocycles. The van der Waals surface area contributed by atoms with E-state index in [2.05, 4.69) is 5.32 Å². The fourth-order valence-corrected chi connectivity index (χ4v) is 0.436. The predicted molar refractivity (Wildman–Crippen MR) is 30.6 cm³/mol. The largest absolute Gasteiger partial charge is 0.339 e. The second-order valence-electron chi connectivity index (χ2n) is 1.40. The van der Waals surface area contributed by atoms with Crippen LogP contribution < -0.4 is 5.32 Å². The normalized spacial score (nSPS) is 16.9. The van der Waals surface area contributed by atoms with E-state index < -0.39 is 0 Å². The van der Waals surface area contributed by atoms with Crippen molar-refractivity contribution in [3.8, 4) is 0 Å². The second-order valence-corrected chi connectivity index (χ2v) is 1.40. The molecule has 8 heavy (non-hydrogen) atoms. The summed E-state index contributed by atoms with van der Waals surface area (Å²) in [4.78, 5) is 0. The van der Waals surface area contributed by atoms with Gasteiger partial charge in [0.15, 0.2) is 5.95 Å². The zero-order valence-electron chi connectivity index (χ0n) is 4.26. The van der Waals surface area contributed by atoms with Gasteiger partial charge < -0.3 is 5.32 Å². The van der Waals surface area contributed by atoms with Crippen molar-refractivity contribution in [3.63, 3.8) is 0 Å². The molecule has 0 bridgehead atoms. The Morgan fingerprint density at radius 3 is 3.00 bits per heavy atom. The Balaban J connectivity index is 2.69. The Hall–Kier alpha value is -1.05. The Labute approximate surface area is 47.2 Å². The fourth-order valence-electron chi connectivity index (χ4n) is 0.436. The molecule has 1 N–H and O–H groups in total. The van der Waals surface area contributed by atoms with Gasteiger partial charge in [-0.1, -0.05) is 12.2 Å². The second kappa shape index (κ2) is 2.31. The zero-order chi connectivity index (χ0) is 5.82. The number of halogens is 1. The van der Waals surface area contributed by atoms with Gasteiger partial charge in [0.1, 0.15) is 0 Å². The van der Waals surface area contributed by atoms with Gasteiger partial charge in [0.2, 0.25) is 0 Å². The zero-order valence-corrected chi connectivity index (χ0v) is 4.26. The number of nitrogens with one attached hydrogen (secondary N) is 1. The fraction of sp³-hybridized carbons (Fsp3) is 0. The number of allylic oxidation sites excluding steroid dienone is 4. The van der Waals surface area contributed by atoms with Gasteiger partial charge in [0.25, 0.3) is 0 Å². The van der Waals surface area contributed by atoms with Crippen molar-refractivity contribution >= 4 is 0 Å². The first-order valence-corrected chi connectivity index (χ1v) is 2.35. The molecule has 0 aliphatic carbocycles. The van der Waals surface area contributed by atoms with Gasteiger partial charge in [-0.2, -0.15) is 4.39 Å². The van der Waals surface area contributed by atoms with E-state index in [4.69, 9.17) is 0 Å². The molecule has 0 saturated heterocycles. The van der Waals surface area contributed by atoms with Crippen LogP contribution in [-0.4, -0.2) is 0 Å². The minimum Gasteiger partial charge on any atom is -0.339 e. The summed E-state index contributed by atoms with van der Waals surface area (Å²) in [5.41, 5.74) is 0. The molecule has 0 atom stereocenters. The number of hydrogen-bond acceptors (Lipinski definition) is 1. The van der Waals surface area contributed by atoms with Gasteiger partial charge in [0.05, 0.1) is 0 Å². The number of rotatable bonds is 0. The van der Waals surface area contributed by atoms with E-state index in [0.717, 1.165) is 0 Å². The summed E-state index contributed by atoms with van der Waals surface area (Å²) < 4.78 is 12.1. The van der Waals surface area contributed by atoms with E-state index in [-0.39, 0.29) is 5.95 Å². The highest BCUT2D eigenvalue weighted by Crippen LogP contribution is 1.94. The molecule has 42 valence electrons. The highest BCUT2D eigenvalue weighted by atomic mass is 19.1. The van der Waals surface area contributed by atoms with Crippen molar-refractivity contribution in [2.24, 2.45) is 0 Å².